The van der Waals surface area contributed by atoms with Gasteiger partial charge in [0.2, 0.25) is 11.8 Å². The summed E-state index contributed by atoms with van der Waals surface area (Å²) in [5.41, 5.74) is -0.815. The van der Waals surface area contributed by atoms with E-state index < -0.39 is 23.4 Å². The molecule has 27 heavy (non-hydrogen) atoms. The van der Waals surface area contributed by atoms with Crippen molar-refractivity contribution in [2.24, 2.45) is 0 Å². The SMILES string of the molecule is CCN(c1ncc(C(F)(F)F)c(OC2CCCCC2)n1)c1ccccc1F. The molecule has 0 atom stereocenters. The van der Waals surface area contributed by atoms with Crippen molar-refractivity contribution in [3.63, 3.8) is 0 Å². The highest BCUT2D eigenvalue weighted by molar-refractivity contribution is 5.58. The number of para-hydroxylation sites is 1. The van der Waals surface area contributed by atoms with Crippen molar-refractivity contribution in [3.05, 3.63) is 41.8 Å². The number of alkyl halides is 3. The Morgan fingerprint density at radius 2 is 1.85 bits per heavy atom. The molecular formula is C19H21F4N3O. The van der Waals surface area contributed by atoms with Gasteiger partial charge in [-0.05, 0) is 44.7 Å². The predicted octanol–water partition coefficient (Wildman–Crippen LogP) is 5.50. The smallest absolute Gasteiger partial charge is 0.423 e. The van der Waals surface area contributed by atoms with E-state index in [-0.39, 0.29) is 24.3 Å². The Hall–Kier alpha value is -2.38. The molecule has 4 nitrogen and oxygen atoms in total. The highest BCUT2D eigenvalue weighted by Gasteiger charge is 2.37. The molecule has 1 aromatic carbocycles. The van der Waals surface area contributed by atoms with Gasteiger partial charge in [-0.2, -0.15) is 18.2 Å². The molecule has 0 unspecified atom stereocenters. The Bertz CT molecular complexity index is 776. The Morgan fingerprint density at radius 1 is 1.15 bits per heavy atom. The first-order chi connectivity index (χ1) is 12.9. The zero-order valence-electron chi connectivity index (χ0n) is 15.0. The molecule has 3 rings (SSSR count). The number of benzene rings is 1. The van der Waals surface area contributed by atoms with E-state index in [9.17, 15) is 17.6 Å². The quantitative estimate of drug-likeness (QED) is 0.639. The van der Waals surface area contributed by atoms with Gasteiger partial charge in [0.15, 0.2) is 0 Å². The summed E-state index contributed by atoms with van der Waals surface area (Å²) in [6.07, 6.45) is 0.0641. The largest absolute Gasteiger partial charge is 0.474 e. The molecule has 146 valence electrons. The highest BCUT2D eigenvalue weighted by atomic mass is 19.4. The van der Waals surface area contributed by atoms with Crippen LogP contribution in [0.2, 0.25) is 0 Å². The third-order valence-electron chi connectivity index (χ3n) is 4.58. The van der Waals surface area contributed by atoms with Gasteiger partial charge in [-0.15, -0.1) is 0 Å². The third-order valence-corrected chi connectivity index (χ3v) is 4.58. The monoisotopic (exact) mass is 383 g/mol. The van der Waals surface area contributed by atoms with Crippen LogP contribution >= 0.6 is 0 Å². The molecular weight excluding hydrogens is 362 g/mol. The van der Waals surface area contributed by atoms with Crippen LogP contribution in [0.15, 0.2) is 30.5 Å². The third kappa shape index (κ3) is 4.48. The molecule has 1 aromatic heterocycles. The number of anilines is 2. The number of ether oxygens (including phenoxy) is 1. The maximum Gasteiger partial charge on any atom is 0.423 e. The first-order valence-electron chi connectivity index (χ1n) is 9.03. The summed E-state index contributed by atoms with van der Waals surface area (Å²) in [6.45, 7) is 2.03. The van der Waals surface area contributed by atoms with Crippen molar-refractivity contribution >= 4 is 11.6 Å². The lowest BCUT2D eigenvalue weighted by Crippen LogP contribution is -2.25. The van der Waals surface area contributed by atoms with Gasteiger partial charge in [0.1, 0.15) is 17.5 Å². The highest BCUT2D eigenvalue weighted by Crippen LogP contribution is 2.37. The summed E-state index contributed by atoms with van der Waals surface area (Å²) in [7, 11) is 0. The van der Waals surface area contributed by atoms with Crippen LogP contribution in [0.5, 0.6) is 5.88 Å². The van der Waals surface area contributed by atoms with Gasteiger partial charge in [0.05, 0.1) is 5.69 Å². The fourth-order valence-electron chi connectivity index (χ4n) is 3.20. The molecule has 0 aliphatic heterocycles. The number of rotatable bonds is 5. The van der Waals surface area contributed by atoms with E-state index in [1.54, 1.807) is 13.0 Å². The molecule has 8 heteroatoms. The van der Waals surface area contributed by atoms with E-state index >= 15 is 0 Å². The Morgan fingerprint density at radius 3 is 2.48 bits per heavy atom. The molecule has 1 fully saturated rings. The lowest BCUT2D eigenvalue weighted by Gasteiger charge is -2.26. The van der Waals surface area contributed by atoms with Gasteiger partial charge in [-0.25, -0.2) is 9.37 Å². The fourth-order valence-corrected chi connectivity index (χ4v) is 3.20. The first kappa shape index (κ1) is 19.4. The van der Waals surface area contributed by atoms with Crippen molar-refractivity contribution in [1.29, 1.82) is 0 Å². The number of aromatic nitrogens is 2. The van der Waals surface area contributed by atoms with Gasteiger partial charge >= 0.3 is 6.18 Å². The summed E-state index contributed by atoms with van der Waals surface area (Å²) in [4.78, 5) is 9.28. The van der Waals surface area contributed by atoms with Gasteiger partial charge in [-0.1, -0.05) is 18.6 Å². The van der Waals surface area contributed by atoms with Crippen molar-refractivity contribution in [1.82, 2.24) is 9.97 Å². The Balaban J connectivity index is 1.98. The number of nitrogens with zero attached hydrogens (tertiary/aromatic N) is 3. The van der Waals surface area contributed by atoms with Crippen LogP contribution in [0.25, 0.3) is 0 Å². The molecule has 0 radical (unpaired) electrons. The molecule has 1 saturated carbocycles. The minimum atomic E-state index is -4.63. The summed E-state index contributed by atoms with van der Waals surface area (Å²) in [6, 6.07) is 5.99. The van der Waals surface area contributed by atoms with E-state index in [2.05, 4.69) is 9.97 Å². The van der Waals surface area contributed by atoms with Crippen molar-refractivity contribution in [2.75, 3.05) is 11.4 Å². The van der Waals surface area contributed by atoms with E-state index in [4.69, 9.17) is 4.74 Å². The molecule has 0 saturated heterocycles. The fraction of sp³-hybridized carbons (Fsp3) is 0.474. The normalized spacial score (nSPS) is 15.6. The van der Waals surface area contributed by atoms with Crippen LogP contribution in [0.4, 0.5) is 29.2 Å². The topological polar surface area (TPSA) is 38.2 Å². The molecule has 1 aliphatic rings. The van der Waals surface area contributed by atoms with Crippen LogP contribution in [0.1, 0.15) is 44.6 Å². The van der Waals surface area contributed by atoms with E-state index in [1.807, 2.05) is 0 Å². The van der Waals surface area contributed by atoms with Crippen LogP contribution in [-0.2, 0) is 6.18 Å². The zero-order valence-corrected chi connectivity index (χ0v) is 15.0. The summed E-state index contributed by atoms with van der Waals surface area (Å²) >= 11 is 0. The summed E-state index contributed by atoms with van der Waals surface area (Å²) in [5, 5.41) is 0. The summed E-state index contributed by atoms with van der Waals surface area (Å²) < 4.78 is 59.9. The molecule has 0 amide bonds. The summed E-state index contributed by atoms with van der Waals surface area (Å²) in [5.74, 6) is -1.02. The minimum Gasteiger partial charge on any atom is -0.474 e. The Labute approximate surface area is 155 Å². The maximum atomic E-state index is 14.1. The lowest BCUT2D eigenvalue weighted by molar-refractivity contribution is -0.140. The maximum absolute atomic E-state index is 14.1. The van der Waals surface area contributed by atoms with Crippen LogP contribution in [0, 0.1) is 5.82 Å². The first-order valence-corrected chi connectivity index (χ1v) is 9.03. The second kappa shape index (κ2) is 8.10. The van der Waals surface area contributed by atoms with Crippen LogP contribution in [-0.4, -0.2) is 22.6 Å². The van der Waals surface area contributed by atoms with Gasteiger partial charge in [0, 0.05) is 12.7 Å². The standard InChI is InChI=1S/C19H21F4N3O/c1-2-26(16-11-7-6-10-15(16)20)18-24-12-14(19(21,22)23)17(25-18)27-13-8-4-3-5-9-13/h6-7,10-13H,2-5,8-9H2,1H3. The molecule has 0 spiro atoms. The number of halogens is 4. The van der Waals surface area contributed by atoms with Gasteiger partial charge in [-0.3, -0.25) is 0 Å². The van der Waals surface area contributed by atoms with E-state index in [1.165, 1.54) is 23.1 Å². The molecule has 1 heterocycles. The average molecular weight is 383 g/mol. The Kier molecular flexibility index (Phi) is 5.82. The van der Waals surface area contributed by atoms with Crippen molar-refractivity contribution in [2.45, 2.75) is 51.3 Å². The van der Waals surface area contributed by atoms with Gasteiger partial charge < -0.3 is 9.64 Å². The van der Waals surface area contributed by atoms with Crippen LogP contribution in [0.3, 0.4) is 0 Å². The van der Waals surface area contributed by atoms with Crippen LogP contribution < -0.4 is 9.64 Å². The number of hydrogen-bond donors (Lipinski definition) is 0. The predicted molar refractivity (Wildman–Crippen MR) is 93.6 cm³/mol. The van der Waals surface area contributed by atoms with E-state index in [0.717, 1.165) is 19.3 Å². The van der Waals surface area contributed by atoms with E-state index in [0.29, 0.717) is 19.0 Å². The molecule has 0 N–H and O–H groups in total. The minimum absolute atomic E-state index is 0.0265. The second-order valence-electron chi connectivity index (χ2n) is 6.46. The average Bonchev–Trinajstić information content (AvgIpc) is 2.64. The molecule has 0 bridgehead atoms. The lowest BCUT2D eigenvalue weighted by atomic mass is 9.98. The molecule has 1 aliphatic carbocycles. The van der Waals surface area contributed by atoms with Crippen molar-refractivity contribution in [3.8, 4) is 5.88 Å². The van der Waals surface area contributed by atoms with Gasteiger partial charge in [0.25, 0.3) is 0 Å². The van der Waals surface area contributed by atoms with Crippen molar-refractivity contribution < 1.29 is 22.3 Å². The number of hydrogen-bond acceptors (Lipinski definition) is 4. The molecule has 2 aromatic rings. The second-order valence-corrected chi connectivity index (χ2v) is 6.46. The zero-order chi connectivity index (χ0) is 19.4.